The Hall–Kier alpha value is -2.57. The summed E-state index contributed by atoms with van der Waals surface area (Å²) in [6.07, 6.45) is 5.26. The molecule has 2 aromatic rings. The highest BCUT2D eigenvalue weighted by atomic mass is 16.5. The average Bonchev–Trinajstić information content (AvgIpc) is 3.12. The van der Waals surface area contributed by atoms with Gasteiger partial charge in [-0.3, -0.25) is 9.48 Å². The Balaban J connectivity index is 1.41. The Kier molecular flexibility index (Phi) is 5.30. The van der Waals surface area contributed by atoms with Crippen molar-refractivity contribution in [2.45, 2.75) is 25.8 Å². The van der Waals surface area contributed by atoms with Crippen LogP contribution in [0.4, 0.5) is 0 Å². The molecule has 1 unspecified atom stereocenters. The van der Waals surface area contributed by atoms with Crippen LogP contribution >= 0.6 is 0 Å². The van der Waals surface area contributed by atoms with Gasteiger partial charge in [0.2, 0.25) is 5.91 Å². The van der Waals surface area contributed by atoms with Crippen molar-refractivity contribution < 1.29 is 14.3 Å². The molecule has 0 fully saturated rings. The summed E-state index contributed by atoms with van der Waals surface area (Å²) in [5.74, 6) is 1.94. The molecule has 1 aromatic heterocycles. The smallest absolute Gasteiger partial charge is 0.220 e. The van der Waals surface area contributed by atoms with E-state index in [1.807, 2.05) is 18.2 Å². The third-order valence-corrected chi connectivity index (χ3v) is 4.10. The largest absolute Gasteiger partial charge is 0.493 e. The lowest BCUT2D eigenvalue weighted by molar-refractivity contribution is -0.121. The number of nitrogens with one attached hydrogen (secondary N) is 1. The van der Waals surface area contributed by atoms with Gasteiger partial charge in [0.1, 0.15) is 12.7 Å². The second kappa shape index (κ2) is 7.81. The van der Waals surface area contributed by atoms with Gasteiger partial charge in [-0.1, -0.05) is 12.1 Å². The number of hydrogen-bond acceptors (Lipinski definition) is 5. The third kappa shape index (κ3) is 4.04. The molecule has 2 heterocycles. The van der Waals surface area contributed by atoms with Gasteiger partial charge in [-0.2, -0.15) is 5.10 Å². The first-order chi connectivity index (χ1) is 11.8. The molecule has 1 aromatic carbocycles. The van der Waals surface area contributed by atoms with Crippen LogP contribution in [0.1, 0.15) is 18.4 Å². The number of nitrogens with zero attached hydrogens (tertiary/aromatic N) is 3. The van der Waals surface area contributed by atoms with Gasteiger partial charge in [-0.15, -0.1) is 0 Å². The number of methoxy groups -OCH3 is 1. The van der Waals surface area contributed by atoms with E-state index in [1.54, 1.807) is 18.1 Å². The minimum Gasteiger partial charge on any atom is -0.493 e. The summed E-state index contributed by atoms with van der Waals surface area (Å²) in [6.45, 7) is 1.92. The molecule has 0 spiro atoms. The average molecular weight is 330 g/mol. The first kappa shape index (κ1) is 16.3. The van der Waals surface area contributed by atoms with Crippen LogP contribution < -0.4 is 14.8 Å². The molecule has 7 nitrogen and oxygen atoms in total. The molecule has 1 amide bonds. The number of ether oxygens (including phenoxy) is 2. The van der Waals surface area contributed by atoms with Crippen molar-refractivity contribution in [1.82, 2.24) is 20.1 Å². The maximum Gasteiger partial charge on any atom is 0.220 e. The molecule has 1 aliphatic rings. The van der Waals surface area contributed by atoms with Gasteiger partial charge in [-0.05, 0) is 24.5 Å². The zero-order valence-electron chi connectivity index (χ0n) is 13.8. The summed E-state index contributed by atoms with van der Waals surface area (Å²) < 4.78 is 12.9. The topological polar surface area (TPSA) is 78.3 Å². The van der Waals surface area contributed by atoms with Gasteiger partial charge in [-0.25, -0.2) is 4.98 Å². The van der Waals surface area contributed by atoms with E-state index in [9.17, 15) is 4.79 Å². The normalized spacial score (nSPS) is 16.1. The first-order valence-electron chi connectivity index (χ1n) is 8.14. The van der Waals surface area contributed by atoms with Crippen LogP contribution in [0.15, 0.2) is 30.9 Å². The molecule has 0 aliphatic carbocycles. The van der Waals surface area contributed by atoms with Crippen molar-refractivity contribution in [2.75, 3.05) is 20.3 Å². The number of carbonyl (C=O) groups excluding carboxylic acids is 1. The lowest BCUT2D eigenvalue weighted by Gasteiger charge is -2.26. The van der Waals surface area contributed by atoms with Crippen molar-refractivity contribution in [2.24, 2.45) is 5.92 Å². The van der Waals surface area contributed by atoms with Gasteiger partial charge in [0.05, 0.1) is 13.7 Å². The van der Waals surface area contributed by atoms with E-state index in [-0.39, 0.29) is 11.8 Å². The molecule has 24 heavy (non-hydrogen) atoms. The molecule has 3 rings (SSSR count). The van der Waals surface area contributed by atoms with E-state index in [0.717, 1.165) is 29.9 Å². The highest BCUT2D eigenvalue weighted by Crippen LogP contribution is 2.35. The number of aromatic nitrogens is 3. The van der Waals surface area contributed by atoms with Gasteiger partial charge in [0.25, 0.3) is 0 Å². The standard InChI is InChI=1S/C17H22N4O3/c1-23-15-5-2-4-14-8-13(10-24-17(14)15)9-19-16(22)6-3-7-21-12-18-11-20-21/h2,4-5,11-13H,3,6-10H2,1H3,(H,19,22). The Morgan fingerprint density at radius 1 is 1.50 bits per heavy atom. The number of benzene rings is 1. The Labute approximate surface area is 141 Å². The number of hydrogen-bond donors (Lipinski definition) is 1. The maximum atomic E-state index is 11.9. The number of para-hydroxylation sites is 1. The molecule has 1 N–H and O–H groups in total. The van der Waals surface area contributed by atoms with Crippen LogP contribution in [0.2, 0.25) is 0 Å². The number of rotatable bonds is 7. The predicted octanol–water partition coefficient (Wildman–Crippen LogP) is 1.43. The fourth-order valence-electron chi connectivity index (χ4n) is 2.85. The summed E-state index contributed by atoms with van der Waals surface area (Å²) in [5.41, 5.74) is 1.13. The van der Waals surface area contributed by atoms with E-state index in [4.69, 9.17) is 9.47 Å². The Morgan fingerprint density at radius 3 is 3.21 bits per heavy atom. The quantitative estimate of drug-likeness (QED) is 0.831. The van der Waals surface area contributed by atoms with Crippen LogP contribution in [-0.4, -0.2) is 40.9 Å². The van der Waals surface area contributed by atoms with Gasteiger partial charge < -0.3 is 14.8 Å². The molecule has 0 saturated heterocycles. The van der Waals surface area contributed by atoms with E-state index in [1.165, 1.54) is 6.33 Å². The Morgan fingerprint density at radius 2 is 2.42 bits per heavy atom. The first-order valence-corrected chi connectivity index (χ1v) is 8.14. The van der Waals surface area contributed by atoms with Crippen molar-refractivity contribution in [1.29, 1.82) is 0 Å². The molecule has 7 heteroatoms. The number of amides is 1. The molecule has 0 bridgehead atoms. The zero-order valence-corrected chi connectivity index (χ0v) is 13.8. The maximum absolute atomic E-state index is 11.9. The molecule has 1 aliphatic heterocycles. The fourth-order valence-corrected chi connectivity index (χ4v) is 2.85. The van der Waals surface area contributed by atoms with Crippen LogP contribution in [0.5, 0.6) is 11.5 Å². The summed E-state index contributed by atoms with van der Waals surface area (Å²) in [4.78, 5) is 15.8. The van der Waals surface area contributed by atoms with E-state index in [2.05, 4.69) is 15.4 Å². The van der Waals surface area contributed by atoms with E-state index < -0.39 is 0 Å². The van der Waals surface area contributed by atoms with Crippen molar-refractivity contribution >= 4 is 5.91 Å². The Bertz CT molecular complexity index is 672. The van der Waals surface area contributed by atoms with Crippen molar-refractivity contribution in [3.8, 4) is 11.5 Å². The van der Waals surface area contributed by atoms with Gasteiger partial charge in [0, 0.05) is 25.4 Å². The highest BCUT2D eigenvalue weighted by Gasteiger charge is 2.22. The summed E-state index contributed by atoms with van der Waals surface area (Å²) in [6, 6.07) is 5.91. The van der Waals surface area contributed by atoms with E-state index in [0.29, 0.717) is 26.1 Å². The third-order valence-electron chi connectivity index (χ3n) is 4.10. The highest BCUT2D eigenvalue weighted by molar-refractivity contribution is 5.75. The van der Waals surface area contributed by atoms with Crippen molar-refractivity contribution in [3.05, 3.63) is 36.4 Å². The zero-order chi connectivity index (χ0) is 16.8. The molecule has 0 saturated carbocycles. The summed E-state index contributed by atoms with van der Waals surface area (Å²) in [7, 11) is 1.64. The minimum atomic E-state index is 0.0616. The lowest BCUT2D eigenvalue weighted by atomic mass is 9.96. The number of aryl methyl sites for hydroxylation is 1. The predicted molar refractivity (Wildman–Crippen MR) is 87.9 cm³/mol. The lowest BCUT2D eigenvalue weighted by Crippen LogP contribution is -2.34. The monoisotopic (exact) mass is 330 g/mol. The summed E-state index contributed by atoms with van der Waals surface area (Å²) in [5, 5.41) is 7.01. The molecule has 0 radical (unpaired) electrons. The van der Waals surface area contributed by atoms with Gasteiger partial charge >= 0.3 is 0 Å². The van der Waals surface area contributed by atoms with Gasteiger partial charge in [0.15, 0.2) is 11.5 Å². The minimum absolute atomic E-state index is 0.0616. The van der Waals surface area contributed by atoms with Crippen LogP contribution in [0.25, 0.3) is 0 Å². The number of fused-ring (bicyclic) bond motifs is 1. The molecule has 128 valence electrons. The van der Waals surface area contributed by atoms with E-state index >= 15 is 0 Å². The van der Waals surface area contributed by atoms with Crippen LogP contribution in [-0.2, 0) is 17.8 Å². The second-order valence-corrected chi connectivity index (χ2v) is 5.90. The van der Waals surface area contributed by atoms with Crippen LogP contribution in [0, 0.1) is 5.92 Å². The fraction of sp³-hybridized carbons (Fsp3) is 0.471. The molecular weight excluding hydrogens is 308 g/mol. The SMILES string of the molecule is COc1cccc2c1OCC(CNC(=O)CCCn1cncn1)C2. The summed E-state index contributed by atoms with van der Waals surface area (Å²) >= 11 is 0. The second-order valence-electron chi connectivity index (χ2n) is 5.90. The van der Waals surface area contributed by atoms with Crippen LogP contribution in [0.3, 0.4) is 0 Å². The molecule has 1 atom stereocenters. The van der Waals surface area contributed by atoms with Crippen molar-refractivity contribution in [3.63, 3.8) is 0 Å². The number of carbonyl (C=O) groups is 1. The molecular formula is C17H22N4O3.